The van der Waals surface area contributed by atoms with Crippen molar-refractivity contribution in [3.63, 3.8) is 0 Å². The minimum absolute atomic E-state index is 0.0150. The third-order valence-electron chi connectivity index (χ3n) is 4.19. The second kappa shape index (κ2) is 6.20. The Bertz CT molecular complexity index is 857. The SMILES string of the molecule is Cc1cccc(N2CC(c3noc(Cc4cccs4)n3)CC2=O)c1. The molecule has 5 nitrogen and oxygen atoms in total. The predicted octanol–water partition coefficient (Wildman–Crippen LogP) is 3.55. The first-order chi connectivity index (χ1) is 11.7. The van der Waals surface area contributed by atoms with Crippen molar-refractivity contribution >= 4 is 22.9 Å². The van der Waals surface area contributed by atoms with Crippen molar-refractivity contribution in [3.8, 4) is 0 Å². The molecule has 1 aromatic carbocycles. The molecule has 6 heteroatoms. The lowest BCUT2D eigenvalue weighted by molar-refractivity contribution is -0.117. The molecule has 0 spiro atoms. The molecule has 0 bridgehead atoms. The van der Waals surface area contributed by atoms with Crippen molar-refractivity contribution in [1.29, 1.82) is 0 Å². The van der Waals surface area contributed by atoms with E-state index in [4.69, 9.17) is 4.52 Å². The van der Waals surface area contributed by atoms with E-state index in [2.05, 4.69) is 10.1 Å². The Balaban J connectivity index is 1.50. The van der Waals surface area contributed by atoms with Gasteiger partial charge < -0.3 is 9.42 Å². The number of hydrogen-bond donors (Lipinski definition) is 0. The minimum atomic E-state index is -0.0150. The van der Waals surface area contributed by atoms with Gasteiger partial charge in [-0.1, -0.05) is 23.4 Å². The van der Waals surface area contributed by atoms with Crippen LogP contribution in [0.3, 0.4) is 0 Å². The number of carbonyl (C=O) groups is 1. The lowest BCUT2D eigenvalue weighted by Crippen LogP contribution is -2.24. The lowest BCUT2D eigenvalue weighted by atomic mass is 10.1. The molecule has 1 saturated heterocycles. The van der Waals surface area contributed by atoms with Crippen LogP contribution >= 0.6 is 11.3 Å². The first kappa shape index (κ1) is 15.1. The van der Waals surface area contributed by atoms with Crippen LogP contribution in [0.5, 0.6) is 0 Å². The van der Waals surface area contributed by atoms with Gasteiger partial charge in [-0.2, -0.15) is 4.98 Å². The van der Waals surface area contributed by atoms with Crippen molar-refractivity contribution in [3.05, 3.63) is 63.9 Å². The number of nitrogens with zero attached hydrogens (tertiary/aromatic N) is 3. The maximum absolute atomic E-state index is 12.4. The van der Waals surface area contributed by atoms with E-state index in [-0.39, 0.29) is 11.8 Å². The monoisotopic (exact) mass is 339 g/mol. The Morgan fingerprint density at radius 2 is 2.25 bits per heavy atom. The molecular weight excluding hydrogens is 322 g/mol. The summed E-state index contributed by atoms with van der Waals surface area (Å²) >= 11 is 1.67. The van der Waals surface area contributed by atoms with Crippen LogP contribution in [-0.2, 0) is 11.2 Å². The molecular formula is C18H17N3O2S. The van der Waals surface area contributed by atoms with Gasteiger partial charge in [0.2, 0.25) is 11.8 Å². The van der Waals surface area contributed by atoms with Gasteiger partial charge >= 0.3 is 0 Å². The van der Waals surface area contributed by atoms with E-state index in [1.165, 1.54) is 4.88 Å². The molecule has 24 heavy (non-hydrogen) atoms. The van der Waals surface area contributed by atoms with Crippen LogP contribution in [0.1, 0.15) is 34.5 Å². The minimum Gasteiger partial charge on any atom is -0.339 e. The van der Waals surface area contributed by atoms with Gasteiger partial charge in [0.15, 0.2) is 5.82 Å². The van der Waals surface area contributed by atoms with Crippen LogP contribution < -0.4 is 4.90 Å². The largest absolute Gasteiger partial charge is 0.339 e. The molecule has 1 atom stereocenters. The fourth-order valence-corrected chi connectivity index (χ4v) is 3.69. The number of aryl methyl sites for hydroxylation is 1. The number of benzene rings is 1. The molecule has 0 N–H and O–H groups in total. The number of carbonyl (C=O) groups excluding carboxylic acids is 1. The Morgan fingerprint density at radius 1 is 1.33 bits per heavy atom. The number of amides is 1. The quantitative estimate of drug-likeness (QED) is 0.729. The zero-order chi connectivity index (χ0) is 16.5. The summed E-state index contributed by atoms with van der Waals surface area (Å²) < 4.78 is 5.36. The average molecular weight is 339 g/mol. The Kier molecular flexibility index (Phi) is 3.90. The van der Waals surface area contributed by atoms with E-state index in [0.29, 0.717) is 31.1 Å². The zero-order valence-electron chi connectivity index (χ0n) is 13.3. The van der Waals surface area contributed by atoms with Crippen LogP contribution in [0.2, 0.25) is 0 Å². The average Bonchev–Trinajstić information content (AvgIpc) is 3.29. The van der Waals surface area contributed by atoms with E-state index >= 15 is 0 Å². The summed E-state index contributed by atoms with van der Waals surface area (Å²) in [5.74, 6) is 1.33. The van der Waals surface area contributed by atoms with E-state index < -0.39 is 0 Å². The summed E-state index contributed by atoms with van der Waals surface area (Å²) in [6, 6.07) is 12.0. The van der Waals surface area contributed by atoms with Gasteiger partial charge in [0.05, 0.1) is 6.42 Å². The second-order valence-corrected chi connectivity index (χ2v) is 7.08. The molecule has 3 aromatic rings. The van der Waals surface area contributed by atoms with Crippen LogP contribution in [0.15, 0.2) is 46.3 Å². The summed E-state index contributed by atoms with van der Waals surface area (Å²) in [5, 5.41) is 6.13. The number of rotatable bonds is 4. The highest BCUT2D eigenvalue weighted by atomic mass is 32.1. The van der Waals surface area contributed by atoms with Gasteiger partial charge in [-0.15, -0.1) is 11.3 Å². The van der Waals surface area contributed by atoms with Gasteiger partial charge in [0.1, 0.15) is 0 Å². The highest BCUT2D eigenvalue weighted by Crippen LogP contribution is 2.31. The fraction of sp³-hybridized carbons (Fsp3) is 0.278. The van der Waals surface area contributed by atoms with Crippen LogP contribution in [0.4, 0.5) is 5.69 Å². The molecule has 1 aliphatic heterocycles. The second-order valence-electron chi connectivity index (χ2n) is 6.05. The van der Waals surface area contributed by atoms with Gasteiger partial charge in [0.25, 0.3) is 0 Å². The fourth-order valence-electron chi connectivity index (χ4n) is 2.99. The number of hydrogen-bond acceptors (Lipinski definition) is 5. The maximum Gasteiger partial charge on any atom is 0.231 e. The standard InChI is InChI=1S/C18H17N3O2S/c1-12-4-2-5-14(8-12)21-11-13(9-17(21)22)18-19-16(23-20-18)10-15-6-3-7-24-15/h2-8,13H,9-11H2,1H3. The number of anilines is 1. The molecule has 1 aliphatic rings. The van der Waals surface area contributed by atoms with Crippen molar-refractivity contribution in [2.24, 2.45) is 0 Å². The van der Waals surface area contributed by atoms with E-state index in [0.717, 1.165) is 11.3 Å². The van der Waals surface area contributed by atoms with Crippen molar-refractivity contribution in [2.45, 2.75) is 25.7 Å². The Hall–Kier alpha value is -2.47. The molecule has 1 unspecified atom stereocenters. The topological polar surface area (TPSA) is 59.2 Å². The highest BCUT2D eigenvalue weighted by Gasteiger charge is 2.34. The zero-order valence-corrected chi connectivity index (χ0v) is 14.1. The molecule has 1 amide bonds. The van der Waals surface area contributed by atoms with Crippen LogP contribution in [0, 0.1) is 6.92 Å². The van der Waals surface area contributed by atoms with Crippen LogP contribution in [0.25, 0.3) is 0 Å². The van der Waals surface area contributed by atoms with E-state index in [9.17, 15) is 4.79 Å². The van der Waals surface area contributed by atoms with Gasteiger partial charge in [-0.05, 0) is 36.1 Å². The first-order valence-corrected chi connectivity index (χ1v) is 8.79. The number of aromatic nitrogens is 2. The third kappa shape index (κ3) is 2.97. The molecule has 0 saturated carbocycles. The highest BCUT2D eigenvalue weighted by molar-refractivity contribution is 7.09. The first-order valence-electron chi connectivity index (χ1n) is 7.91. The van der Waals surface area contributed by atoms with Crippen molar-refractivity contribution in [1.82, 2.24) is 10.1 Å². The predicted molar refractivity (Wildman–Crippen MR) is 92.3 cm³/mol. The summed E-state index contributed by atoms with van der Waals surface area (Å²) in [5.41, 5.74) is 2.08. The molecule has 0 aliphatic carbocycles. The molecule has 1 fully saturated rings. The number of thiophene rings is 1. The van der Waals surface area contributed by atoms with Crippen molar-refractivity contribution in [2.75, 3.05) is 11.4 Å². The van der Waals surface area contributed by atoms with Crippen LogP contribution in [-0.4, -0.2) is 22.6 Å². The van der Waals surface area contributed by atoms with Gasteiger partial charge in [-0.3, -0.25) is 4.79 Å². The van der Waals surface area contributed by atoms with E-state index in [1.807, 2.05) is 53.6 Å². The molecule has 3 heterocycles. The maximum atomic E-state index is 12.4. The Labute approximate surface area is 143 Å². The van der Waals surface area contributed by atoms with E-state index in [1.54, 1.807) is 11.3 Å². The normalized spacial score (nSPS) is 17.6. The summed E-state index contributed by atoms with van der Waals surface area (Å²) in [4.78, 5) is 19.9. The Morgan fingerprint density at radius 3 is 3.04 bits per heavy atom. The molecule has 4 rings (SSSR count). The summed E-state index contributed by atoms with van der Waals surface area (Å²) in [6.07, 6.45) is 1.07. The molecule has 0 radical (unpaired) electrons. The summed E-state index contributed by atoms with van der Waals surface area (Å²) in [7, 11) is 0. The smallest absolute Gasteiger partial charge is 0.231 e. The van der Waals surface area contributed by atoms with Crippen molar-refractivity contribution < 1.29 is 9.32 Å². The summed E-state index contributed by atoms with van der Waals surface area (Å²) in [6.45, 7) is 2.62. The lowest BCUT2D eigenvalue weighted by Gasteiger charge is -2.16. The molecule has 2 aromatic heterocycles. The van der Waals surface area contributed by atoms with Gasteiger partial charge in [-0.25, -0.2) is 0 Å². The third-order valence-corrected chi connectivity index (χ3v) is 5.07. The molecule has 122 valence electrons. The van der Waals surface area contributed by atoms with Gasteiger partial charge in [0, 0.05) is 29.4 Å².